The average Bonchev–Trinajstić information content (AvgIpc) is 3.04. The highest BCUT2D eigenvalue weighted by Gasteiger charge is 2.41. The molecule has 0 unspecified atom stereocenters. The Morgan fingerprint density at radius 2 is 1.34 bits per heavy atom. The Bertz CT molecular complexity index is 1420. The van der Waals surface area contributed by atoms with Gasteiger partial charge < -0.3 is 24.5 Å². The number of benzene rings is 3. The van der Waals surface area contributed by atoms with E-state index in [-0.39, 0.29) is 30.6 Å². The van der Waals surface area contributed by atoms with Gasteiger partial charge in [0.25, 0.3) is 0 Å². The highest BCUT2D eigenvalue weighted by Crippen LogP contribution is 2.38. The van der Waals surface area contributed by atoms with E-state index in [0.29, 0.717) is 12.8 Å². The van der Waals surface area contributed by atoms with E-state index in [4.69, 9.17) is 13.9 Å². The molecular weight excluding hydrogens is 609 g/mol. The maximum atomic E-state index is 14.1. The molecule has 0 aliphatic heterocycles. The van der Waals surface area contributed by atoms with E-state index < -0.39 is 38.6 Å². The summed E-state index contributed by atoms with van der Waals surface area (Å²) in [6, 6.07) is 27.4. The molecule has 3 atom stereocenters. The van der Waals surface area contributed by atoms with Crippen LogP contribution in [0.3, 0.4) is 0 Å². The van der Waals surface area contributed by atoms with Gasteiger partial charge in [-0.2, -0.15) is 0 Å². The zero-order valence-electron chi connectivity index (χ0n) is 28.5. The van der Waals surface area contributed by atoms with Gasteiger partial charge in [-0.05, 0) is 60.7 Å². The lowest BCUT2D eigenvalue weighted by molar-refractivity contribution is -0.137. The van der Waals surface area contributed by atoms with Crippen LogP contribution in [-0.2, 0) is 42.9 Å². The van der Waals surface area contributed by atoms with Gasteiger partial charge in [0.15, 0.2) is 8.32 Å². The number of nitrogens with one attached hydrogen (secondary N) is 2. The molecule has 2 N–H and O–H groups in total. The number of hydrogen-bond donors (Lipinski definition) is 2. The number of ether oxygens (including phenoxy) is 2. The van der Waals surface area contributed by atoms with Gasteiger partial charge in [0.05, 0.1) is 18.8 Å². The minimum absolute atomic E-state index is 0.0765. The fraction of sp³-hybridized carbons (Fsp3) is 0.395. The highest BCUT2D eigenvalue weighted by molar-refractivity contribution is 6.74. The standard InChI is InChI=1S/C38H50N2O6Si/c1-7-44-35(41)26-25-34(46-47(5,6)38(2,3)4)32(24-23-29-17-11-8-12-18-29)39-36(42)33(27-30-19-13-9-14-20-30)40-37(43)45-28-31-21-15-10-16-22-31/h8-22,25-26,32-34H,7,23-24,27-28H2,1-6H3,(H,39,42)(H,40,43)/t32-,33-,34-/m0/s1. The molecule has 0 fully saturated rings. The number of aryl methyl sites for hydroxylation is 1. The van der Waals surface area contributed by atoms with Crippen molar-refractivity contribution in [3.63, 3.8) is 0 Å². The van der Waals surface area contributed by atoms with Crippen molar-refractivity contribution < 1.29 is 28.3 Å². The van der Waals surface area contributed by atoms with E-state index >= 15 is 0 Å². The van der Waals surface area contributed by atoms with Crippen LogP contribution in [-0.4, -0.2) is 51.1 Å². The quantitative estimate of drug-likeness (QED) is 0.0963. The van der Waals surface area contributed by atoms with Gasteiger partial charge in [-0.1, -0.05) is 112 Å². The van der Waals surface area contributed by atoms with Gasteiger partial charge >= 0.3 is 12.1 Å². The maximum absolute atomic E-state index is 14.1. The number of alkyl carbamates (subject to hydrolysis) is 1. The molecular formula is C38H50N2O6Si. The number of carbonyl (C=O) groups is 3. The van der Waals surface area contributed by atoms with Crippen LogP contribution in [0, 0.1) is 0 Å². The SMILES string of the molecule is CCOC(=O)C=C[C@H](O[Si](C)(C)C(C)(C)C)[C@H](CCc1ccccc1)NC(=O)[C@H](Cc1ccccc1)NC(=O)OCc1ccccc1. The molecule has 9 heteroatoms. The molecule has 3 aromatic carbocycles. The molecule has 0 aliphatic carbocycles. The number of rotatable bonds is 16. The molecule has 3 aromatic rings. The smallest absolute Gasteiger partial charge is 0.408 e. The second-order valence-corrected chi connectivity index (χ2v) is 17.8. The fourth-order valence-corrected chi connectivity index (χ4v) is 5.95. The third-order valence-corrected chi connectivity index (χ3v) is 12.8. The molecule has 0 spiro atoms. The van der Waals surface area contributed by atoms with E-state index in [2.05, 4.69) is 44.5 Å². The van der Waals surface area contributed by atoms with E-state index in [1.54, 1.807) is 13.0 Å². The van der Waals surface area contributed by atoms with E-state index in [1.165, 1.54) is 6.08 Å². The van der Waals surface area contributed by atoms with Crippen LogP contribution in [0.4, 0.5) is 4.79 Å². The second-order valence-electron chi connectivity index (χ2n) is 13.0. The zero-order chi connectivity index (χ0) is 34.3. The van der Waals surface area contributed by atoms with Gasteiger partial charge in [-0.3, -0.25) is 4.79 Å². The Kier molecular flexibility index (Phi) is 14.4. The van der Waals surface area contributed by atoms with Crippen LogP contribution in [0.1, 0.15) is 50.8 Å². The number of esters is 1. The van der Waals surface area contributed by atoms with Crippen LogP contribution >= 0.6 is 0 Å². The summed E-state index contributed by atoms with van der Waals surface area (Å²) in [6.45, 7) is 12.8. The zero-order valence-corrected chi connectivity index (χ0v) is 29.5. The van der Waals surface area contributed by atoms with Gasteiger partial charge in [0.1, 0.15) is 12.6 Å². The largest absolute Gasteiger partial charge is 0.463 e. The van der Waals surface area contributed by atoms with Crippen LogP contribution in [0.5, 0.6) is 0 Å². The number of amides is 2. The second kappa shape index (κ2) is 18.2. The van der Waals surface area contributed by atoms with Crippen LogP contribution in [0.15, 0.2) is 103 Å². The van der Waals surface area contributed by atoms with Crippen LogP contribution < -0.4 is 10.6 Å². The third-order valence-electron chi connectivity index (χ3n) is 8.36. The van der Waals surface area contributed by atoms with Crippen molar-refractivity contribution in [2.75, 3.05) is 6.61 Å². The first-order valence-corrected chi connectivity index (χ1v) is 19.2. The van der Waals surface area contributed by atoms with Crippen LogP contribution in [0.25, 0.3) is 0 Å². The van der Waals surface area contributed by atoms with Gasteiger partial charge in [0.2, 0.25) is 5.91 Å². The number of hydrogen-bond acceptors (Lipinski definition) is 6. The topological polar surface area (TPSA) is 103 Å². The summed E-state index contributed by atoms with van der Waals surface area (Å²) >= 11 is 0. The first kappa shape index (κ1) is 37.2. The molecule has 2 amide bonds. The van der Waals surface area contributed by atoms with Gasteiger partial charge in [0, 0.05) is 12.5 Å². The minimum Gasteiger partial charge on any atom is -0.463 e. The van der Waals surface area contributed by atoms with Crippen molar-refractivity contribution in [1.29, 1.82) is 0 Å². The Balaban J connectivity index is 1.92. The van der Waals surface area contributed by atoms with Crippen molar-refractivity contribution in [3.8, 4) is 0 Å². The fourth-order valence-electron chi connectivity index (χ4n) is 4.67. The molecule has 0 radical (unpaired) electrons. The lowest BCUT2D eigenvalue weighted by Crippen LogP contribution is -2.55. The normalized spacial score (nSPS) is 13.7. The lowest BCUT2D eigenvalue weighted by atomic mass is 9.99. The summed E-state index contributed by atoms with van der Waals surface area (Å²) in [5, 5.41) is 5.87. The summed E-state index contributed by atoms with van der Waals surface area (Å²) in [6.07, 6.45) is 3.19. The Hall–Kier alpha value is -4.21. The first-order chi connectivity index (χ1) is 22.4. The van der Waals surface area contributed by atoms with Crippen molar-refractivity contribution >= 4 is 26.3 Å². The van der Waals surface area contributed by atoms with Gasteiger partial charge in [-0.15, -0.1) is 0 Å². The van der Waals surface area contributed by atoms with Crippen LogP contribution in [0.2, 0.25) is 18.1 Å². The maximum Gasteiger partial charge on any atom is 0.408 e. The molecule has 0 saturated carbocycles. The third kappa shape index (κ3) is 12.8. The Morgan fingerprint density at radius 3 is 1.89 bits per heavy atom. The van der Waals surface area contributed by atoms with Crippen molar-refractivity contribution in [3.05, 3.63) is 120 Å². The Morgan fingerprint density at radius 1 is 0.787 bits per heavy atom. The Labute approximate surface area is 281 Å². The summed E-state index contributed by atoms with van der Waals surface area (Å²) in [5.74, 6) is -0.855. The van der Waals surface area contributed by atoms with Crippen molar-refractivity contribution in [1.82, 2.24) is 10.6 Å². The predicted molar refractivity (Wildman–Crippen MR) is 188 cm³/mol. The summed E-state index contributed by atoms with van der Waals surface area (Å²) in [7, 11) is -2.38. The molecule has 3 rings (SSSR count). The summed E-state index contributed by atoms with van der Waals surface area (Å²) in [5.41, 5.74) is 2.83. The lowest BCUT2D eigenvalue weighted by Gasteiger charge is -2.41. The average molecular weight is 659 g/mol. The van der Waals surface area contributed by atoms with Crippen molar-refractivity contribution in [2.45, 2.75) is 89.9 Å². The van der Waals surface area contributed by atoms with Gasteiger partial charge in [-0.25, -0.2) is 9.59 Å². The molecule has 0 aromatic heterocycles. The summed E-state index contributed by atoms with van der Waals surface area (Å²) < 4.78 is 17.5. The molecule has 252 valence electrons. The molecule has 47 heavy (non-hydrogen) atoms. The van der Waals surface area contributed by atoms with E-state index in [0.717, 1.165) is 16.7 Å². The highest BCUT2D eigenvalue weighted by atomic mass is 28.4. The summed E-state index contributed by atoms with van der Waals surface area (Å²) in [4.78, 5) is 39.6. The first-order valence-electron chi connectivity index (χ1n) is 16.3. The molecule has 0 bridgehead atoms. The minimum atomic E-state index is -2.38. The number of carbonyl (C=O) groups excluding carboxylic acids is 3. The molecule has 0 aliphatic rings. The molecule has 8 nitrogen and oxygen atoms in total. The van der Waals surface area contributed by atoms with E-state index in [1.807, 2.05) is 91.0 Å². The molecule has 0 heterocycles. The van der Waals surface area contributed by atoms with Crippen molar-refractivity contribution in [2.24, 2.45) is 0 Å². The van der Waals surface area contributed by atoms with E-state index in [9.17, 15) is 14.4 Å². The monoisotopic (exact) mass is 658 g/mol. The molecule has 0 saturated heterocycles. The predicted octanol–water partition coefficient (Wildman–Crippen LogP) is 7.15.